The zero-order chi connectivity index (χ0) is 6.53. The maximum atomic E-state index is 9.96. The van der Waals surface area contributed by atoms with Crippen molar-refractivity contribution >= 4 is 31.2 Å². The van der Waals surface area contributed by atoms with Gasteiger partial charge in [-0.3, -0.25) is 4.79 Å². The van der Waals surface area contributed by atoms with Crippen molar-refractivity contribution in [3.63, 3.8) is 0 Å². The van der Waals surface area contributed by atoms with E-state index in [1.54, 1.807) is 0 Å². The molecule has 1 N–H and O–H groups in total. The van der Waals surface area contributed by atoms with Gasteiger partial charge in [-0.05, 0) is 12.8 Å². The van der Waals surface area contributed by atoms with Crippen LogP contribution in [0.1, 0.15) is 32.1 Å². The van der Waals surface area contributed by atoms with E-state index in [9.17, 15) is 4.79 Å². The van der Waals surface area contributed by atoms with Crippen LogP contribution in [0.4, 0.5) is 0 Å². The quantitative estimate of drug-likeness (QED) is 0.677. The summed E-state index contributed by atoms with van der Waals surface area (Å²) >= 11 is 0. The Balaban J connectivity index is 0. The number of carbonyl (C=O) groups is 1. The van der Waals surface area contributed by atoms with E-state index in [-0.39, 0.29) is 24.8 Å². The Morgan fingerprint density at radius 1 is 1.09 bits per heavy atom. The van der Waals surface area contributed by atoms with E-state index in [1.807, 2.05) is 0 Å². The maximum absolute atomic E-state index is 9.96. The predicted molar refractivity (Wildman–Crippen MR) is 50.6 cm³/mol. The third-order valence-electron chi connectivity index (χ3n) is 1.91. The highest BCUT2D eigenvalue weighted by Gasteiger charge is 2.10. The first kappa shape index (κ1) is 13.6. The van der Waals surface area contributed by atoms with Gasteiger partial charge in [0.05, 0.1) is 0 Å². The molecular weight excluding hydrogens is 185 g/mol. The lowest BCUT2D eigenvalue weighted by Crippen LogP contribution is -2.29. The number of hydrogen-bond donors (Lipinski definition) is 1. The molecule has 0 aromatic carbocycles. The molecule has 11 heavy (non-hydrogen) atoms. The van der Waals surface area contributed by atoms with E-state index in [4.69, 9.17) is 0 Å². The van der Waals surface area contributed by atoms with Crippen molar-refractivity contribution in [3.05, 3.63) is 0 Å². The van der Waals surface area contributed by atoms with Gasteiger partial charge >= 0.3 is 0 Å². The van der Waals surface area contributed by atoms with Crippen molar-refractivity contribution in [2.45, 2.75) is 38.1 Å². The molecule has 0 unspecified atom stereocenters. The molecule has 1 amide bonds. The van der Waals surface area contributed by atoms with Crippen LogP contribution in [0.5, 0.6) is 0 Å². The molecule has 0 aliphatic heterocycles. The monoisotopic (exact) mass is 199 g/mol. The molecule has 0 atom stereocenters. The van der Waals surface area contributed by atoms with Crippen LogP contribution < -0.4 is 5.32 Å². The zero-order valence-electron chi connectivity index (χ0n) is 6.41. The summed E-state index contributed by atoms with van der Waals surface area (Å²) < 4.78 is 0. The average molecular weight is 200 g/mol. The number of halogens is 2. The summed E-state index contributed by atoms with van der Waals surface area (Å²) in [6, 6.07) is 0.483. The summed E-state index contributed by atoms with van der Waals surface area (Å²) in [5.41, 5.74) is 0. The van der Waals surface area contributed by atoms with E-state index in [0.29, 0.717) is 6.04 Å². The van der Waals surface area contributed by atoms with Gasteiger partial charge in [0.1, 0.15) is 0 Å². The third-order valence-corrected chi connectivity index (χ3v) is 1.91. The van der Waals surface area contributed by atoms with Gasteiger partial charge in [0.15, 0.2) is 0 Å². The Morgan fingerprint density at radius 2 is 1.64 bits per heavy atom. The lowest BCUT2D eigenvalue weighted by molar-refractivity contribution is -0.110. The van der Waals surface area contributed by atoms with Crippen LogP contribution in [-0.4, -0.2) is 12.5 Å². The largest absolute Gasteiger partial charge is 0.356 e. The Labute approximate surface area is 79.9 Å². The van der Waals surface area contributed by atoms with Crippen molar-refractivity contribution in [1.82, 2.24) is 5.32 Å². The third kappa shape index (κ3) is 5.33. The Hall–Kier alpha value is 0.0500. The summed E-state index contributed by atoms with van der Waals surface area (Å²) in [6.45, 7) is 0. The zero-order valence-corrected chi connectivity index (χ0v) is 8.05. The van der Waals surface area contributed by atoms with E-state index >= 15 is 0 Å². The minimum atomic E-state index is 0. The van der Waals surface area contributed by atoms with Gasteiger partial charge < -0.3 is 5.32 Å². The Morgan fingerprint density at radius 3 is 2.09 bits per heavy atom. The molecule has 0 radical (unpaired) electrons. The van der Waals surface area contributed by atoms with Crippen LogP contribution in [0.25, 0.3) is 0 Å². The van der Waals surface area contributed by atoms with E-state index < -0.39 is 0 Å². The fourth-order valence-electron chi connectivity index (χ4n) is 1.37. The SMILES string of the molecule is Cl.Cl.O=CNC1CCCCC1. The maximum Gasteiger partial charge on any atom is 0.207 e. The highest BCUT2D eigenvalue weighted by molar-refractivity contribution is 5.85. The van der Waals surface area contributed by atoms with Crippen molar-refractivity contribution in [2.75, 3.05) is 0 Å². The molecule has 0 bridgehead atoms. The van der Waals surface area contributed by atoms with Crippen molar-refractivity contribution in [3.8, 4) is 0 Å². The molecule has 0 saturated heterocycles. The molecular formula is C7H15Cl2NO. The Bertz CT molecular complexity index is 94.4. The lowest BCUT2D eigenvalue weighted by Gasteiger charge is -2.19. The van der Waals surface area contributed by atoms with E-state index in [0.717, 1.165) is 6.41 Å². The van der Waals surface area contributed by atoms with Crippen molar-refractivity contribution in [2.24, 2.45) is 0 Å². The van der Waals surface area contributed by atoms with Crippen LogP contribution in [-0.2, 0) is 4.79 Å². The number of amides is 1. The molecule has 68 valence electrons. The molecule has 1 aliphatic rings. The second kappa shape index (κ2) is 8.15. The standard InChI is InChI=1S/C7H13NO.2ClH/c9-6-8-7-4-2-1-3-5-7;;/h6-7H,1-5H2,(H,8,9);2*1H. The van der Waals surface area contributed by atoms with E-state index in [2.05, 4.69) is 5.32 Å². The molecule has 0 aromatic rings. The molecule has 0 spiro atoms. The van der Waals surface area contributed by atoms with Gasteiger partial charge in [-0.2, -0.15) is 0 Å². The number of nitrogens with one attached hydrogen (secondary N) is 1. The summed E-state index contributed by atoms with van der Waals surface area (Å²) in [5.74, 6) is 0. The number of carbonyl (C=O) groups excluding carboxylic acids is 1. The highest BCUT2D eigenvalue weighted by atomic mass is 35.5. The van der Waals surface area contributed by atoms with Gasteiger partial charge in [0, 0.05) is 6.04 Å². The summed E-state index contributed by atoms with van der Waals surface area (Å²) in [6.07, 6.45) is 7.08. The molecule has 0 heterocycles. The summed E-state index contributed by atoms with van der Waals surface area (Å²) in [5, 5.41) is 2.80. The molecule has 1 saturated carbocycles. The van der Waals surface area contributed by atoms with Crippen LogP contribution in [0.2, 0.25) is 0 Å². The van der Waals surface area contributed by atoms with Crippen LogP contribution in [0, 0.1) is 0 Å². The van der Waals surface area contributed by atoms with Crippen molar-refractivity contribution < 1.29 is 4.79 Å². The first-order valence-electron chi connectivity index (χ1n) is 3.63. The lowest BCUT2D eigenvalue weighted by atomic mass is 9.96. The summed E-state index contributed by atoms with van der Waals surface area (Å²) in [7, 11) is 0. The molecule has 1 aliphatic carbocycles. The highest BCUT2D eigenvalue weighted by Crippen LogP contribution is 2.16. The second-order valence-electron chi connectivity index (χ2n) is 2.62. The molecule has 2 nitrogen and oxygen atoms in total. The summed E-state index contributed by atoms with van der Waals surface area (Å²) in [4.78, 5) is 9.96. The molecule has 0 aromatic heterocycles. The number of rotatable bonds is 2. The first-order valence-corrected chi connectivity index (χ1v) is 3.63. The van der Waals surface area contributed by atoms with Gasteiger partial charge in [0.2, 0.25) is 6.41 Å². The smallest absolute Gasteiger partial charge is 0.207 e. The van der Waals surface area contributed by atoms with Gasteiger partial charge in [-0.15, -0.1) is 24.8 Å². The van der Waals surface area contributed by atoms with Gasteiger partial charge in [-0.25, -0.2) is 0 Å². The van der Waals surface area contributed by atoms with E-state index in [1.165, 1.54) is 32.1 Å². The molecule has 1 rings (SSSR count). The predicted octanol–water partition coefficient (Wildman–Crippen LogP) is 1.91. The fourth-order valence-corrected chi connectivity index (χ4v) is 1.37. The Kier molecular flexibility index (Phi) is 10.1. The minimum Gasteiger partial charge on any atom is -0.356 e. The second-order valence-corrected chi connectivity index (χ2v) is 2.62. The topological polar surface area (TPSA) is 29.1 Å². The van der Waals surface area contributed by atoms with Gasteiger partial charge in [-0.1, -0.05) is 19.3 Å². The van der Waals surface area contributed by atoms with Crippen LogP contribution in [0.15, 0.2) is 0 Å². The van der Waals surface area contributed by atoms with Crippen LogP contribution in [0.3, 0.4) is 0 Å². The molecule has 4 heteroatoms. The fraction of sp³-hybridized carbons (Fsp3) is 0.857. The first-order chi connectivity index (χ1) is 4.43. The molecule has 1 fully saturated rings. The minimum absolute atomic E-state index is 0. The average Bonchev–Trinajstić information content (AvgIpc) is 1.91. The normalized spacial score (nSPS) is 17.5. The number of hydrogen-bond acceptors (Lipinski definition) is 1. The van der Waals surface area contributed by atoms with Crippen molar-refractivity contribution in [1.29, 1.82) is 0 Å². The van der Waals surface area contributed by atoms with Gasteiger partial charge in [0.25, 0.3) is 0 Å². The van der Waals surface area contributed by atoms with Crippen LogP contribution >= 0.6 is 24.8 Å².